The molecule has 54 heavy (non-hydrogen) atoms. The topological polar surface area (TPSA) is 9.23 Å². The van der Waals surface area contributed by atoms with Crippen LogP contribution in [0.2, 0.25) is 12.6 Å². The van der Waals surface area contributed by atoms with Crippen LogP contribution in [0, 0.1) is 0 Å². The second kappa shape index (κ2) is 13.6. The first kappa shape index (κ1) is 38.8. The minimum Gasteiger partial charge on any atom is -0.376 e. The van der Waals surface area contributed by atoms with E-state index >= 15 is 0 Å². The molecule has 2 heteroatoms. The molecule has 1 heterocycles. The SMILES string of the molecule is CC1=Cc2c(-c3ccc(C(C)(C)C)cc3)cccc2C12CC1(C(C)=Cc3c(-c4ccc(C(C)(C)C)cc4)cccc31)[Si]2(C)CCCCCCOC(C)(C)C. The van der Waals surface area contributed by atoms with Crippen LogP contribution in [0.15, 0.2) is 96.1 Å². The molecule has 4 aromatic carbocycles. The van der Waals surface area contributed by atoms with Crippen molar-refractivity contribution in [3.05, 3.63) is 129 Å². The standard InChI is InChI=1S/C52H66OSi/c1-36-33-44-42(38-23-27-40(28-24-38)48(3,4)5)19-17-21-46(44)51(36)35-52(54(51,12)32-16-14-13-15-31-53-50(9,10)11)37(2)34-45-43(20-18-22-47(45)52)39-25-29-41(30-26-39)49(6,7)8/h17-30,33-34H,13-16,31-32,35H2,1-12H3. The third kappa shape index (κ3) is 6.24. The van der Waals surface area contributed by atoms with Gasteiger partial charge in [-0.15, -0.1) is 0 Å². The number of hydrogen-bond acceptors (Lipinski definition) is 1. The molecule has 3 aliphatic rings. The summed E-state index contributed by atoms with van der Waals surface area (Å²) in [5.74, 6) is 0. The van der Waals surface area contributed by atoms with Gasteiger partial charge in [-0.05, 0) is 114 Å². The highest BCUT2D eigenvalue weighted by molar-refractivity contribution is 6.89. The minimum atomic E-state index is -2.14. The van der Waals surface area contributed by atoms with Gasteiger partial charge in [-0.1, -0.05) is 182 Å². The Kier molecular flexibility index (Phi) is 9.79. The third-order valence-electron chi connectivity index (χ3n) is 13.8. The molecule has 0 amide bonds. The molecule has 2 atom stereocenters. The van der Waals surface area contributed by atoms with Gasteiger partial charge < -0.3 is 4.74 Å². The normalized spacial score (nSPS) is 23.3. The lowest BCUT2D eigenvalue weighted by Gasteiger charge is -2.70. The highest BCUT2D eigenvalue weighted by Gasteiger charge is 2.76. The summed E-state index contributed by atoms with van der Waals surface area (Å²) in [6.07, 6.45) is 11.3. The van der Waals surface area contributed by atoms with Crippen LogP contribution >= 0.6 is 0 Å². The van der Waals surface area contributed by atoms with Crippen molar-refractivity contribution in [2.24, 2.45) is 0 Å². The molecule has 1 nitrogen and oxygen atoms in total. The summed E-state index contributed by atoms with van der Waals surface area (Å²) in [4.78, 5) is 0. The fourth-order valence-corrected chi connectivity index (χ4v) is 17.9. The van der Waals surface area contributed by atoms with E-state index in [9.17, 15) is 0 Å². The van der Waals surface area contributed by atoms with Gasteiger partial charge >= 0.3 is 0 Å². The summed E-state index contributed by atoms with van der Waals surface area (Å²) >= 11 is 0. The molecular weight excluding hydrogens is 669 g/mol. The van der Waals surface area contributed by atoms with E-state index in [0.717, 1.165) is 13.0 Å². The van der Waals surface area contributed by atoms with Gasteiger partial charge in [0.05, 0.1) is 13.7 Å². The van der Waals surface area contributed by atoms with Crippen molar-refractivity contribution in [1.82, 2.24) is 0 Å². The summed E-state index contributed by atoms with van der Waals surface area (Å²) < 4.78 is 6.10. The number of unbranched alkanes of at least 4 members (excludes halogenated alkanes) is 3. The molecular formula is C52H66OSi. The monoisotopic (exact) mass is 734 g/mol. The van der Waals surface area contributed by atoms with E-state index in [0.29, 0.717) is 0 Å². The maximum Gasteiger partial charge on any atom is 0.0829 e. The Hall–Kier alpha value is -3.46. The number of rotatable bonds is 9. The van der Waals surface area contributed by atoms with Crippen molar-refractivity contribution < 1.29 is 4.74 Å². The van der Waals surface area contributed by atoms with E-state index in [-0.39, 0.29) is 26.5 Å². The van der Waals surface area contributed by atoms with Crippen molar-refractivity contribution in [2.75, 3.05) is 6.61 Å². The molecule has 1 saturated heterocycles. The van der Waals surface area contributed by atoms with Crippen molar-refractivity contribution >= 4 is 20.2 Å². The Morgan fingerprint density at radius 2 is 0.981 bits per heavy atom. The Morgan fingerprint density at radius 1 is 0.556 bits per heavy atom. The van der Waals surface area contributed by atoms with Crippen molar-refractivity contribution in [3.63, 3.8) is 0 Å². The fraction of sp³-hybridized carbons (Fsp3) is 0.462. The zero-order valence-corrected chi connectivity index (χ0v) is 36.6. The van der Waals surface area contributed by atoms with Crippen molar-refractivity contribution in [1.29, 1.82) is 0 Å². The first-order valence-electron chi connectivity index (χ1n) is 20.8. The zero-order valence-electron chi connectivity index (χ0n) is 35.6. The molecule has 0 aromatic heterocycles. The number of allylic oxidation sites excluding steroid dienone is 2. The smallest absolute Gasteiger partial charge is 0.0829 e. The Bertz CT molecular complexity index is 1960. The molecule has 4 aromatic rings. The van der Waals surface area contributed by atoms with Crippen LogP contribution in [0.1, 0.15) is 142 Å². The van der Waals surface area contributed by atoms with E-state index < -0.39 is 8.07 Å². The van der Waals surface area contributed by atoms with Gasteiger partial charge in [0.1, 0.15) is 0 Å². The van der Waals surface area contributed by atoms with E-state index in [1.807, 2.05) is 0 Å². The van der Waals surface area contributed by atoms with E-state index in [4.69, 9.17) is 4.74 Å². The summed E-state index contributed by atoms with van der Waals surface area (Å²) in [7, 11) is -2.14. The molecule has 2 spiro atoms. The Morgan fingerprint density at radius 3 is 1.39 bits per heavy atom. The van der Waals surface area contributed by atoms with Crippen LogP contribution in [0.25, 0.3) is 34.4 Å². The lowest BCUT2D eigenvalue weighted by atomic mass is 9.77. The number of fused-ring (bicyclic) bond motifs is 4. The van der Waals surface area contributed by atoms with Gasteiger partial charge in [-0.3, -0.25) is 0 Å². The lowest BCUT2D eigenvalue weighted by molar-refractivity contribution is -0.00471. The Labute approximate surface area is 329 Å². The molecule has 2 unspecified atom stereocenters. The molecule has 1 fully saturated rings. The largest absolute Gasteiger partial charge is 0.376 e. The van der Waals surface area contributed by atoms with Gasteiger partial charge in [-0.2, -0.15) is 0 Å². The zero-order chi connectivity index (χ0) is 38.9. The quantitative estimate of drug-likeness (QED) is 0.123. The first-order chi connectivity index (χ1) is 25.3. The van der Waals surface area contributed by atoms with Gasteiger partial charge in [0.15, 0.2) is 0 Å². The van der Waals surface area contributed by atoms with Gasteiger partial charge in [0.2, 0.25) is 0 Å². The number of benzene rings is 4. The van der Waals surface area contributed by atoms with Crippen LogP contribution in [-0.4, -0.2) is 20.3 Å². The van der Waals surface area contributed by atoms with Gasteiger partial charge in [0.25, 0.3) is 0 Å². The van der Waals surface area contributed by atoms with Crippen LogP contribution < -0.4 is 0 Å². The number of ether oxygens (including phenoxy) is 1. The maximum absolute atomic E-state index is 6.10. The fourth-order valence-electron chi connectivity index (χ4n) is 10.8. The molecule has 7 rings (SSSR count). The average molecular weight is 735 g/mol. The first-order valence-corrected chi connectivity index (χ1v) is 23.5. The highest BCUT2D eigenvalue weighted by Crippen LogP contribution is 2.73. The van der Waals surface area contributed by atoms with Crippen LogP contribution in [0.3, 0.4) is 0 Å². The van der Waals surface area contributed by atoms with Crippen molar-refractivity contribution in [3.8, 4) is 22.3 Å². The molecule has 0 saturated carbocycles. The second-order valence-corrected chi connectivity index (χ2v) is 25.2. The summed E-state index contributed by atoms with van der Waals surface area (Å²) in [5.41, 5.74) is 17.8. The maximum atomic E-state index is 6.10. The second-order valence-electron chi connectivity index (χ2n) is 20.3. The number of hydrogen-bond donors (Lipinski definition) is 0. The summed E-state index contributed by atoms with van der Waals surface area (Å²) in [5, 5.41) is 0.250. The van der Waals surface area contributed by atoms with E-state index in [1.165, 1.54) is 76.2 Å². The van der Waals surface area contributed by atoms with Crippen LogP contribution in [0.5, 0.6) is 0 Å². The highest BCUT2D eigenvalue weighted by atomic mass is 28.3. The third-order valence-corrected chi connectivity index (χ3v) is 20.6. The summed E-state index contributed by atoms with van der Waals surface area (Å²) in [6.45, 7) is 29.0. The summed E-state index contributed by atoms with van der Waals surface area (Å²) in [6, 6.07) is 34.6. The van der Waals surface area contributed by atoms with Crippen LogP contribution in [0.4, 0.5) is 0 Å². The Balaban J connectivity index is 1.29. The van der Waals surface area contributed by atoms with Gasteiger partial charge in [0, 0.05) is 16.7 Å². The minimum absolute atomic E-state index is 0.0640. The van der Waals surface area contributed by atoms with Crippen LogP contribution in [-0.2, 0) is 25.6 Å². The molecule has 0 radical (unpaired) electrons. The van der Waals surface area contributed by atoms with Crippen molar-refractivity contribution in [2.45, 2.75) is 147 Å². The predicted molar refractivity (Wildman–Crippen MR) is 237 cm³/mol. The molecule has 2 aliphatic carbocycles. The molecule has 0 bridgehead atoms. The van der Waals surface area contributed by atoms with Gasteiger partial charge in [-0.25, -0.2) is 0 Å². The lowest BCUT2D eigenvalue weighted by Crippen LogP contribution is -2.78. The average Bonchev–Trinajstić information content (AvgIpc) is 3.59. The van der Waals surface area contributed by atoms with E-state index in [1.54, 1.807) is 22.3 Å². The molecule has 284 valence electrons. The molecule has 1 aliphatic heterocycles. The van der Waals surface area contributed by atoms with E-state index in [2.05, 4.69) is 180 Å². The predicted octanol–water partition coefficient (Wildman–Crippen LogP) is 14.6. The molecule has 0 N–H and O–H groups in total.